The van der Waals surface area contributed by atoms with Crippen molar-refractivity contribution < 1.29 is 23.8 Å². The van der Waals surface area contributed by atoms with Crippen molar-refractivity contribution in [3.05, 3.63) is 22.8 Å². The van der Waals surface area contributed by atoms with E-state index in [0.717, 1.165) is 19.3 Å². The number of aromatic nitrogens is 1. The van der Waals surface area contributed by atoms with E-state index in [2.05, 4.69) is 4.98 Å². The summed E-state index contributed by atoms with van der Waals surface area (Å²) in [5.74, 6) is -0.384. The molecule has 3 rings (SSSR count). The Kier molecular flexibility index (Phi) is 5.75. The lowest BCUT2D eigenvalue weighted by Gasteiger charge is -2.33. The quantitative estimate of drug-likeness (QED) is 0.757. The summed E-state index contributed by atoms with van der Waals surface area (Å²) in [5.41, 5.74) is 0.329. The molecule has 0 N–H and O–H groups in total. The van der Waals surface area contributed by atoms with Crippen molar-refractivity contribution in [1.29, 1.82) is 0 Å². The zero-order valence-corrected chi connectivity index (χ0v) is 14.8. The van der Waals surface area contributed by atoms with Gasteiger partial charge < -0.3 is 19.1 Å². The molecule has 0 saturated carbocycles. The van der Waals surface area contributed by atoms with E-state index in [1.54, 1.807) is 0 Å². The highest BCUT2D eigenvalue weighted by molar-refractivity contribution is 6.32. The molecule has 2 atom stereocenters. The van der Waals surface area contributed by atoms with Crippen molar-refractivity contribution >= 4 is 23.5 Å². The van der Waals surface area contributed by atoms with Crippen molar-refractivity contribution in [3.8, 4) is 5.88 Å². The Morgan fingerprint density at radius 2 is 2.20 bits per heavy atom. The largest absolute Gasteiger partial charge is 0.471 e. The molecule has 8 heteroatoms. The van der Waals surface area contributed by atoms with E-state index in [-0.39, 0.29) is 22.9 Å². The maximum Gasteiger partial charge on any atom is 0.328 e. The van der Waals surface area contributed by atoms with Gasteiger partial charge in [-0.1, -0.05) is 11.6 Å². The molecule has 0 aliphatic carbocycles. The molecule has 136 valence electrons. The highest BCUT2D eigenvalue weighted by Gasteiger charge is 2.33. The van der Waals surface area contributed by atoms with Crippen LogP contribution < -0.4 is 4.74 Å². The molecule has 1 aromatic heterocycles. The number of hydrogen-bond donors (Lipinski definition) is 0. The molecule has 2 aliphatic rings. The van der Waals surface area contributed by atoms with Gasteiger partial charge in [-0.2, -0.15) is 0 Å². The van der Waals surface area contributed by atoms with Crippen LogP contribution >= 0.6 is 11.6 Å². The number of nitrogens with zero attached hydrogens (tertiary/aromatic N) is 2. The summed E-state index contributed by atoms with van der Waals surface area (Å²) in [5, 5.41) is 0.268. The number of halogens is 1. The first-order valence-electron chi connectivity index (χ1n) is 8.39. The first kappa shape index (κ1) is 17.9. The minimum Gasteiger partial charge on any atom is -0.471 e. The average Bonchev–Trinajstić information content (AvgIpc) is 3.15. The molecule has 2 fully saturated rings. The fraction of sp³-hybridized carbons (Fsp3) is 0.588. The summed E-state index contributed by atoms with van der Waals surface area (Å²) in [7, 11) is 1.33. The molecule has 0 radical (unpaired) electrons. The maximum atomic E-state index is 12.8. The van der Waals surface area contributed by atoms with E-state index in [9.17, 15) is 9.59 Å². The van der Waals surface area contributed by atoms with E-state index in [1.165, 1.54) is 24.3 Å². The Morgan fingerprint density at radius 3 is 2.88 bits per heavy atom. The Hall–Kier alpha value is -1.86. The van der Waals surface area contributed by atoms with Crippen LogP contribution in [0.15, 0.2) is 12.3 Å². The molecule has 1 amide bonds. The normalized spacial score (nSPS) is 23.4. The van der Waals surface area contributed by atoms with Gasteiger partial charge in [0.05, 0.1) is 25.9 Å². The molecule has 0 aromatic carbocycles. The summed E-state index contributed by atoms with van der Waals surface area (Å²) in [6.07, 6.45) is 4.48. The molecule has 0 bridgehead atoms. The zero-order chi connectivity index (χ0) is 17.8. The molecule has 25 heavy (non-hydrogen) atoms. The lowest BCUT2D eigenvalue weighted by molar-refractivity contribution is -0.147. The van der Waals surface area contributed by atoms with E-state index >= 15 is 0 Å². The number of pyridine rings is 1. The van der Waals surface area contributed by atoms with Gasteiger partial charge in [0.15, 0.2) is 0 Å². The van der Waals surface area contributed by atoms with Crippen LogP contribution in [-0.2, 0) is 14.3 Å². The van der Waals surface area contributed by atoms with Gasteiger partial charge in [0.25, 0.3) is 5.91 Å². The Morgan fingerprint density at radius 1 is 1.36 bits per heavy atom. The molecular weight excluding hydrogens is 348 g/mol. The van der Waals surface area contributed by atoms with E-state index in [4.69, 9.17) is 25.8 Å². The summed E-state index contributed by atoms with van der Waals surface area (Å²) >= 11 is 6.23. The third kappa shape index (κ3) is 4.04. The highest BCUT2D eigenvalue weighted by Crippen LogP contribution is 2.27. The number of esters is 1. The first-order chi connectivity index (χ1) is 12.1. The molecule has 2 unspecified atom stereocenters. The number of carbonyl (C=O) groups excluding carboxylic acids is 2. The second kappa shape index (κ2) is 8.01. The number of amides is 1. The second-order valence-electron chi connectivity index (χ2n) is 6.15. The maximum absolute atomic E-state index is 12.8. The third-order valence-electron chi connectivity index (χ3n) is 4.46. The van der Waals surface area contributed by atoms with Crippen LogP contribution in [0.4, 0.5) is 0 Å². The number of piperidine rings is 1. The number of carbonyl (C=O) groups is 2. The van der Waals surface area contributed by atoms with E-state index in [1.807, 2.05) is 0 Å². The Labute approximate surface area is 151 Å². The fourth-order valence-corrected chi connectivity index (χ4v) is 3.33. The summed E-state index contributed by atoms with van der Waals surface area (Å²) in [6.45, 7) is 1.67. The summed E-state index contributed by atoms with van der Waals surface area (Å²) in [6, 6.07) is 0.974. The SMILES string of the molecule is COC(=O)C1CCCCN1C(=O)c1cnc(OC2CCOC2)c(Cl)c1. The number of hydrogen-bond acceptors (Lipinski definition) is 6. The van der Waals surface area contributed by atoms with Crippen LogP contribution in [0.1, 0.15) is 36.0 Å². The van der Waals surface area contributed by atoms with Crippen LogP contribution in [0.3, 0.4) is 0 Å². The zero-order valence-electron chi connectivity index (χ0n) is 14.1. The molecule has 1 aromatic rings. The van der Waals surface area contributed by atoms with Gasteiger partial charge in [-0.3, -0.25) is 4.79 Å². The lowest BCUT2D eigenvalue weighted by Crippen LogP contribution is -2.48. The van der Waals surface area contributed by atoms with Gasteiger partial charge in [-0.05, 0) is 25.3 Å². The molecule has 7 nitrogen and oxygen atoms in total. The van der Waals surface area contributed by atoms with E-state index < -0.39 is 12.0 Å². The lowest BCUT2D eigenvalue weighted by atomic mass is 10.0. The monoisotopic (exact) mass is 368 g/mol. The topological polar surface area (TPSA) is 78.0 Å². The molecule has 2 saturated heterocycles. The van der Waals surface area contributed by atoms with Gasteiger partial charge in [0.2, 0.25) is 5.88 Å². The van der Waals surface area contributed by atoms with Crippen LogP contribution in [0.5, 0.6) is 5.88 Å². The van der Waals surface area contributed by atoms with Gasteiger partial charge in [-0.25, -0.2) is 9.78 Å². The summed E-state index contributed by atoms with van der Waals surface area (Å²) < 4.78 is 15.8. The number of rotatable bonds is 4. The third-order valence-corrected chi connectivity index (χ3v) is 4.73. The van der Waals surface area contributed by atoms with Crippen LogP contribution in [-0.4, -0.2) is 60.8 Å². The van der Waals surface area contributed by atoms with Crippen molar-refractivity contribution in [1.82, 2.24) is 9.88 Å². The van der Waals surface area contributed by atoms with Gasteiger partial charge in [0, 0.05) is 19.2 Å². The molecular formula is C17H21ClN2O5. The Balaban J connectivity index is 1.74. The van der Waals surface area contributed by atoms with Crippen molar-refractivity contribution in [2.45, 2.75) is 37.8 Å². The van der Waals surface area contributed by atoms with Crippen LogP contribution in [0.25, 0.3) is 0 Å². The first-order valence-corrected chi connectivity index (χ1v) is 8.76. The second-order valence-corrected chi connectivity index (χ2v) is 6.55. The van der Waals surface area contributed by atoms with Crippen molar-refractivity contribution in [2.75, 3.05) is 26.9 Å². The fourth-order valence-electron chi connectivity index (χ4n) is 3.11. The van der Waals surface area contributed by atoms with E-state index in [0.29, 0.717) is 31.7 Å². The highest BCUT2D eigenvalue weighted by atomic mass is 35.5. The van der Waals surface area contributed by atoms with Crippen LogP contribution in [0, 0.1) is 0 Å². The number of likely N-dealkylation sites (tertiary alicyclic amines) is 1. The minimum absolute atomic E-state index is 0.0719. The van der Waals surface area contributed by atoms with Crippen LogP contribution in [0.2, 0.25) is 5.02 Å². The number of methoxy groups -OCH3 is 1. The van der Waals surface area contributed by atoms with Crippen molar-refractivity contribution in [3.63, 3.8) is 0 Å². The predicted octanol–water partition coefficient (Wildman–Crippen LogP) is 2.07. The summed E-state index contributed by atoms with van der Waals surface area (Å²) in [4.78, 5) is 30.4. The minimum atomic E-state index is -0.559. The average molecular weight is 369 g/mol. The predicted molar refractivity (Wildman–Crippen MR) is 89.8 cm³/mol. The molecule has 0 spiro atoms. The van der Waals surface area contributed by atoms with Gasteiger partial charge in [-0.15, -0.1) is 0 Å². The van der Waals surface area contributed by atoms with Crippen molar-refractivity contribution in [2.24, 2.45) is 0 Å². The Bertz CT molecular complexity index is 648. The van der Waals surface area contributed by atoms with Gasteiger partial charge in [0.1, 0.15) is 17.2 Å². The van der Waals surface area contributed by atoms with Gasteiger partial charge >= 0.3 is 5.97 Å². The smallest absolute Gasteiger partial charge is 0.328 e. The number of ether oxygens (including phenoxy) is 3. The molecule has 2 aliphatic heterocycles. The molecule has 3 heterocycles. The standard InChI is InChI=1S/C17H21ClN2O5/c1-23-17(22)14-4-2-3-6-20(14)16(21)11-8-13(18)15(19-9-11)25-12-5-7-24-10-12/h8-9,12,14H,2-7,10H2,1H3.